The van der Waals surface area contributed by atoms with Crippen molar-refractivity contribution in [1.29, 1.82) is 0 Å². The molecule has 0 radical (unpaired) electrons. The number of halogens is 4. The van der Waals surface area contributed by atoms with Gasteiger partial charge in [0.05, 0.1) is 100 Å². The van der Waals surface area contributed by atoms with Crippen molar-refractivity contribution in [2.75, 3.05) is 89.4 Å². The van der Waals surface area contributed by atoms with Crippen LogP contribution in [0.2, 0.25) is 0 Å². The standard InChI is InChI=1S/C27H29BrN6O2.C26H28BrN7O.C24H24BrN7O.C23H23BrN8O/c1-27(2,36)14-22(35)33-12-10-18(11-13-33)24-23(28)25(29)34-26(32-24)20(16-31-34)19-8-9-21(30-15-19)17-6-4-3-5-7-17;1-16(2)31-26(35)33-12-10-18(11-13-33)23-22(27)24(28)34-25(32-23)20(15-30-34)19-8-9-21(29-14-19)17-6-4-3-5-7-17;1-27-24(33)31-11-9-16(10-12-31)21-20(25)22(26)32-23(30-21)18(14-29-32)17-7-8-19(28-13-17)15-5-3-2-4-6-15;1-26-23(33)31-9-6-14(7-10-31)20-19(24)21(25)32-22(30-20)17(13-29-32)15-4-5-18(28-12-15)16-3-2-8-27-11-16/h3-9,15-16,18,36H,10-14,29H2,1-2H3;3-9,14-16,18H,10-13,28H2,1-2H3,(H,31,35);2-8,13-14,16H,9-12,26H2,1H3,(H,27,33);2-5,8,11-14H,6-7,9-10,25H2,1H3,(H,26,33). The van der Waals surface area contributed by atoms with E-state index in [4.69, 9.17) is 42.9 Å². The number of nitrogens with zero attached hydrogens (tertiary/aromatic N) is 21. The van der Waals surface area contributed by atoms with Gasteiger partial charge in [-0.25, -0.2) is 34.3 Å². The Hall–Kier alpha value is -13.8. The minimum atomic E-state index is -1.01. The number of pyridine rings is 5. The number of carbonyl (C=O) groups is 4. The topological polar surface area (TPSA) is 427 Å². The molecule has 137 heavy (non-hydrogen) atoms. The Morgan fingerprint density at radius 1 is 0.365 bits per heavy atom. The van der Waals surface area contributed by atoms with Crippen molar-refractivity contribution in [3.63, 3.8) is 0 Å². The highest BCUT2D eigenvalue weighted by molar-refractivity contribution is 9.11. The molecule has 7 amide bonds. The number of fused-ring (bicyclic) bond motifs is 4. The number of nitrogen functional groups attached to an aromatic ring is 4. The first-order chi connectivity index (χ1) is 66.3. The summed E-state index contributed by atoms with van der Waals surface area (Å²) in [4.78, 5) is 98.9. The van der Waals surface area contributed by atoms with E-state index in [1.165, 1.54) is 0 Å². The van der Waals surface area contributed by atoms with Gasteiger partial charge in [-0.2, -0.15) is 38.5 Å². The summed E-state index contributed by atoms with van der Waals surface area (Å²) in [7, 11) is 3.31. The van der Waals surface area contributed by atoms with Gasteiger partial charge in [-0.15, -0.1) is 0 Å². The number of rotatable bonds is 15. The van der Waals surface area contributed by atoms with Gasteiger partial charge in [0, 0.05) is 200 Å². The molecule has 3 aromatic carbocycles. The van der Waals surface area contributed by atoms with Crippen molar-refractivity contribution < 1.29 is 24.3 Å². The number of nitrogens with one attached hydrogen (secondary N) is 3. The number of anilines is 4. The van der Waals surface area contributed by atoms with Gasteiger partial charge >= 0.3 is 18.1 Å². The van der Waals surface area contributed by atoms with Crippen LogP contribution in [0.4, 0.5) is 37.7 Å². The van der Waals surface area contributed by atoms with Gasteiger partial charge in [0.15, 0.2) is 22.6 Å². The molecule has 0 aliphatic carbocycles. The minimum Gasteiger partial charge on any atom is -0.390 e. The molecule has 0 bridgehead atoms. The van der Waals surface area contributed by atoms with Crippen molar-refractivity contribution in [3.8, 4) is 89.5 Å². The molecule has 0 unspecified atom stereocenters. The van der Waals surface area contributed by atoms with Crippen molar-refractivity contribution in [2.45, 2.75) is 121 Å². The largest absolute Gasteiger partial charge is 0.390 e. The molecule has 20 rings (SSSR count). The fourth-order valence-corrected chi connectivity index (χ4v) is 20.1. The van der Waals surface area contributed by atoms with Gasteiger partial charge in [-0.1, -0.05) is 115 Å². The van der Waals surface area contributed by atoms with Crippen LogP contribution in [-0.4, -0.2) is 210 Å². The predicted octanol–water partition coefficient (Wildman–Crippen LogP) is 17.8. The monoisotopic (exact) mass is 2090 g/mol. The molecular weight excluding hydrogens is 1990 g/mol. The highest BCUT2D eigenvalue weighted by Crippen LogP contribution is 2.44. The summed E-state index contributed by atoms with van der Waals surface area (Å²) in [5.41, 5.74) is 46.1. The Labute approximate surface area is 824 Å². The van der Waals surface area contributed by atoms with E-state index in [1.807, 2.05) is 210 Å². The number of hydrogen-bond acceptors (Lipinski definition) is 22. The molecule has 0 spiro atoms. The maximum Gasteiger partial charge on any atom is 0.317 e. The van der Waals surface area contributed by atoms with Crippen molar-refractivity contribution in [1.82, 2.24) is 119 Å². The van der Waals surface area contributed by atoms with Crippen molar-refractivity contribution in [3.05, 3.63) is 254 Å². The number of hydrogen-bond donors (Lipinski definition) is 8. The Kier molecular flexibility index (Phi) is 29.0. The molecule has 16 aromatic rings. The van der Waals surface area contributed by atoms with Crippen molar-refractivity contribution >= 4 is 134 Å². The molecule has 4 saturated heterocycles. The lowest BCUT2D eigenvalue weighted by molar-refractivity contribution is -0.136. The summed E-state index contributed by atoms with van der Waals surface area (Å²) < 4.78 is 9.65. The van der Waals surface area contributed by atoms with Crippen LogP contribution in [0, 0.1) is 0 Å². The lowest BCUT2D eigenvalue weighted by Gasteiger charge is -2.33. The number of aliphatic hydroxyl groups is 1. The van der Waals surface area contributed by atoms with Crippen LogP contribution < -0.4 is 38.9 Å². The van der Waals surface area contributed by atoms with Gasteiger partial charge in [-0.05, 0) is 179 Å². The molecule has 12 N–H and O–H groups in total. The van der Waals surface area contributed by atoms with E-state index in [9.17, 15) is 24.3 Å². The SMILES string of the molecule is CC(C)(O)CC(=O)N1CCC(c2nc3c(-c4ccc(-c5ccccc5)nc4)cnn3c(N)c2Br)CC1.CC(C)NC(=O)N1CCC(c2nc3c(-c4ccc(-c5ccccc5)nc4)cnn3c(N)c2Br)CC1.CNC(=O)N1CCC(c2nc3c(-c4ccc(-c5ccccc5)nc4)cnn3c(N)c2Br)CC1.CNC(=O)N1CCC(c2nc3c(-c4ccc(-c5cccnc5)nc4)cnn3c(N)c2Br)CC1. The molecule has 33 nitrogen and oxygen atoms in total. The Morgan fingerprint density at radius 3 is 0.883 bits per heavy atom. The van der Waals surface area contributed by atoms with Crippen LogP contribution >= 0.6 is 63.7 Å². The zero-order chi connectivity index (χ0) is 95.9. The second-order valence-corrected chi connectivity index (χ2v) is 38.3. The van der Waals surface area contributed by atoms with E-state index in [1.54, 1.807) is 83.2 Å². The van der Waals surface area contributed by atoms with E-state index < -0.39 is 5.60 Å². The van der Waals surface area contributed by atoms with Crippen LogP contribution in [0.1, 0.15) is 132 Å². The van der Waals surface area contributed by atoms with Crippen LogP contribution in [0.15, 0.2) is 232 Å². The van der Waals surface area contributed by atoms with E-state index in [-0.39, 0.29) is 60.1 Å². The van der Waals surface area contributed by atoms with Gasteiger partial charge in [0.2, 0.25) is 5.91 Å². The van der Waals surface area contributed by atoms with Gasteiger partial charge < -0.3 is 63.6 Å². The molecule has 13 aromatic heterocycles. The van der Waals surface area contributed by atoms with E-state index in [2.05, 4.69) is 125 Å². The van der Waals surface area contributed by atoms with Crippen LogP contribution in [0.5, 0.6) is 0 Å². The summed E-state index contributed by atoms with van der Waals surface area (Å²) in [6, 6.07) is 50.2. The van der Waals surface area contributed by atoms with Crippen LogP contribution in [-0.2, 0) is 4.79 Å². The average molecular weight is 2100 g/mol. The molecule has 37 heteroatoms. The second-order valence-electron chi connectivity index (χ2n) is 35.2. The fraction of sp³-hybridized carbons (Fsp3) is 0.290. The number of piperidine rings is 4. The zero-order valence-corrected chi connectivity index (χ0v) is 82.8. The van der Waals surface area contributed by atoms with E-state index in [0.717, 1.165) is 182 Å². The number of nitrogens with two attached hydrogens (primary N) is 4. The number of aromatic nitrogens is 17. The smallest absolute Gasteiger partial charge is 0.317 e. The first kappa shape index (κ1) is 95.0. The third-order valence-corrected chi connectivity index (χ3v) is 28.5. The molecular formula is C100H104Br4N28O5. The molecule has 17 heterocycles. The third-order valence-electron chi connectivity index (χ3n) is 25.2. The van der Waals surface area contributed by atoms with Crippen molar-refractivity contribution in [2.24, 2.45) is 0 Å². The molecule has 0 saturated carbocycles. The minimum absolute atomic E-state index is 0.00929. The number of amides is 7. The van der Waals surface area contributed by atoms with Gasteiger partial charge in [-0.3, -0.25) is 29.7 Å². The first-order valence-electron chi connectivity index (χ1n) is 45.5. The maximum atomic E-state index is 12.5. The van der Waals surface area contributed by atoms with Gasteiger partial charge in [0.25, 0.3) is 0 Å². The molecule has 702 valence electrons. The first-order valence-corrected chi connectivity index (χ1v) is 48.7. The Bertz CT molecular complexity index is 6800. The summed E-state index contributed by atoms with van der Waals surface area (Å²) in [6.45, 7) is 12.6. The Morgan fingerprint density at radius 2 is 0.635 bits per heavy atom. The lowest BCUT2D eigenvalue weighted by Crippen LogP contribution is -2.46. The maximum absolute atomic E-state index is 12.5. The summed E-state index contributed by atoms with van der Waals surface area (Å²) in [6.07, 6.45) is 24.6. The number of benzene rings is 3. The number of likely N-dealkylation sites (tertiary alicyclic amines) is 4. The third kappa shape index (κ3) is 20.8. The normalized spacial score (nSPS) is 14.7. The predicted molar refractivity (Wildman–Crippen MR) is 546 cm³/mol. The summed E-state index contributed by atoms with van der Waals surface area (Å²) in [5.74, 6) is 2.77. The summed E-state index contributed by atoms with van der Waals surface area (Å²) >= 11 is 14.6. The summed E-state index contributed by atoms with van der Waals surface area (Å²) in [5, 5.41) is 36.3. The van der Waals surface area contributed by atoms with Crippen LogP contribution in [0.25, 0.3) is 112 Å². The quantitative estimate of drug-likeness (QED) is 0.0472. The molecule has 4 aliphatic rings. The number of urea groups is 3. The van der Waals surface area contributed by atoms with Crippen LogP contribution in [0.3, 0.4) is 0 Å². The Balaban J connectivity index is 0.000000127. The average Bonchev–Trinajstić information content (AvgIpc) is 1.66. The highest BCUT2D eigenvalue weighted by Gasteiger charge is 2.35. The zero-order valence-electron chi connectivity index (χ0n) is 76.4. The molecule has 4 fully saturated rings. The molecule has 4 aliphatic heterocycles. The highest BCUT2D eigenvalue weighted by atomic mass is 79.9. The van der Waals surface area contributed by atoms with E-state index in [0.29, 0.717) is 98.2 Å². The lowest BCUT2D eigenvalue weighted by atomic mass is 9.92. The molecule has 0 atom stereocenters. The number of carbonyl (C=O) groups excluding carboxylic acids is 4. The fourth-order valence-electron chi connectivity index (χ4n) is 17.8. The van der Waals surface area contributed by atoms with E-state index >= 15 is 0 Å². The van der Waals surface area contributed by atoms with Gasteiger partial charge in [0.1, 0.15) is 23.3 Å². The second kappa shape index (κ2) is 41.8.